The monoisotopic (exact) mass is 380 g/mol. The number of rotatable bonds is 12. The summed E-state index contributed by atoms with van der Waals surface area (Å²) in [5, 5.41) is 52.3. The van der Waals surface area contributed by atoms with E-state index in [1.807, 2.05) is 0 Å². The number of hydrogen-bond donors (Lipinski definition) is 6. The van der Waals surface area contributed by atoms with Crippen LogP contribution in [0.1, 0.15) is 0 Å². The quantitative estimate of drug-likeness (QED) is 0.155. The molecule has 0 aromatic rings. The number of aliphatic hydroxyl groups is 6. The fraction of sp³-hybridized carbons (Fsp3) is 0.625. The Labute approximate surface area is 151 Å². The Morgan fingerprint density at radius 1 is 0.654 bits per heavy atom. The lowest BCUT2D eigenvalue weighted by molar-refractivity contribution is -0.152. The van der Waals surface area contributed by atoms with Crippen molar-refractivity contribution in [1.29, 1.82) is 0 Å². The second-order valence-electron chi connectivity index (χ2n) is 5.57. The van der Waals surface area contributed by atoms with Crippen LogP contribution < -0.4 is 0 Å². The molecule has 0 spiro atoms. The van der Waals surface area contributed by atoms with Gasteiger partial charge in [-0.25, -0.2) is 9.59 Å². The predicted molar refractivity (Wildman–Crippen MR) is 89.7 cm³/mol. The lowest BCUT2D eigenvalue weighted by Gasteiger charge is -2.27. The van der Waals surface area contributed by atoms with Gasteiger partial charge in [0.25, 0.3) is 0 Å². The molecule has 152 valence electrons. The molecule has 10 heteroatoms. The number of hydrogen-bond acceptors (Lipinski definition) is 10. The SMILES string of the molecule is C=CC(=O)OCC(CO)(CO)COC(=O)C=C.OCC(CO)(CO)CO. The van der Waals surface area contributed by atoms with E-state index < -0.39 is 62.4 Å². The molecule has 0 saturated heterocycles. The van der Waals surface area contributed by atoms with Gasteiger partial charge in [-0.15, -0.1) is 0 Å². The van der Waals surface area contributed by atoms with Crippen LogP contribution in [-0.2, 0) is 19.1 Å². The topological polar surface area (TPSA) is 174 Å². The third-order valence-electron chi connectivity index (χ3n) is 3.39. The molecule has 0 aromatic heterocycles. The van der Waals surface area contributed by atoms with Gasteiger partial charge in [0.1, 0.15) is 13.2 Å². The van der Waals surface area contributed by atoms with E-state index in [9.17, 15) is 9.59 Å². The van der Waals surface area contributed by atoms with Crippen molar-refractivity contribution in [1.82, 2.24) is 0 Å². The summed E-state index contributed by atoms with van der Waals surface area (Å²) in [6.07, 6.45) is 1.91. The third-order valence-corrected chi connectivity index (χ3v) is 3.39. The summed E-state index contributed by atoms with van der Waals surface area (Å²) in [5.41, 5.74) is -2.34. The zero-order valence-electron chi connectivity index (χ0n) is 14.5. The van der Waals surface area contributed by atoms with E-state index in [1.165, 1.54) is 0 Å². The van der Waals surface area contributed by atoms with Crippen LogP contribution in [0.5, 0.6) is 0 Å². The molecule has 0 heterocycles. The van der Waals surface area contributed by atoms with E-state index in [-0.39, 0.29) is 13.2 Å². The van der Waals surface area contributed by atoms with Gasteiger partial charge >= 0.3 is 11.9 Å². The van der Waals surface area contributed by atoms with Crippen LogP contribution >= 0.6 is 0 Å². The van der Waals surface area contributed by atoms with E-state index in [0.717, 1.165) is 12.2 Å². The van der Waals surface area contributed by atoms with Crippen LogP contribution in [0, 0.1) is 10.8 Å². The molecule has 0 aliphatic carbocycles. The molecule has 26 heavy (non-hydrogen) atoms. The summed E-state index contributed by atoms with van der Waals surface area (Å²) in [7, 11) is 0. The molecule has 0 aromatic carbocycles. The molecule has 6 N–H and O–H groups in total. The highest BCUT2D eigenvalue weighted by atomic mass is 16.5. The first-order valence-corrected chi connectivity index (χ1v) is 7.51. The molecule has 0 radical (unpaired) electrons. The maximum Gasteiger partial charge on any atom is 0.330 e. The number of esters is 2. The molecule has 0 fully saturated rings. The maximum atomic E-state index is 10.9. The summed E-state index contributed by atoms with van der Waals surface area (Å²) in [4.78, 5) is 21.7. The van der Waals surface area contributed by atoms with Crippen molar-refractivity contribution in [2.75, 3.05) is 52.9 Å². The minimum atomic E-state index is -1.22. The molecule has 10 nitrogen and oxygen atoms in total. The van der Waals surface area contributed by atoms with Crippen LogP contribution in [0.4, 0.5) is 0 Å². The van der Waals surface area contributed by atoms with E-state index in [0.29, 0.717) is 0 Å². The fourth-order valence-electron chi connectivity index (χ4n) is 1.14. The molecular formula is C16H28O10. The summed E-state index contributed by atoms with van der Waals surface area (Å²) in [5.74, 6) is -1.38. The first-order chi connectivity index (χ1) is 12.3. The lowest BCUT2D eigenvalue weighted by Crippen LogP contribution is -2.40. The third kappa shape index (κ3) is 9.61. The number of carbonyl (C=O) groups is 2. The Bertz CT molecular complexity index is 383. The predicted octanol–water partition coefficient (Wildman–Crippen LogP) is -2.64. The van der Waals surface area contributed by atoms with Crippen LogP contribution in [0.3, 0.4) is 0 Å². The van der Waals surface area contributed by atoms with E-state index in [2.05, 4.69) is 13.2 Å². The van der Waals surface area contributed by atoms with Gasteiger partial charge in [-0.05, 0) is 0 Å². The van der Waals surface area contributed by atoms with Gasteiger partial charge in [0.15, 0.2) is 0 Å². The molecule has 0 unspecified atom stereocenters. The molecule has 0 bridgehead atoms. The van der Waals surface area contributed by atoms with Crippen molar-refractivity contribution in [3.63, 3.8) is 0 Å². The average Bonchev–Trinajstić information content (AvgIpc) is 2.70. The Hall–Kier alpha value is -1.82. The zero-order valence-corrected chi connectivity index (χ0v) is 14.5. The first-order valence-electron chi connectivity index (χ1n) is 7.51. The number of aliphatic hydroxyl groups excluding tert-OH is 6. The van der Waals surface area contributed by atoms with E-state index >= 15 is 0 Å². The van der Waals surface area contributed by atoms with Crippen LogP contribution in [0.25, 0.3) is 0 Å². The summed E-state index contributed by atoms with van der Waals surface area (Å²) in [6.45, 7) is 3.21. The highest BCUT2D eigenvalue weighted by molar-refractivity contribution is 5.81. The van der Waals surface area contributed by atoms with Crippen molar-refractivity contribution >= 4 is 11.9 Å². The van der Waals surface area contributed by atoms with Crippen molar-refractivity contribution in [3.05, 3.63) is 25.3 Å². The first kappa shape index (κ1) is 26.4. The van der Waals surface area contributed by atoms with Crippen LogP contribution in [-0.4, -0.2) is 95.4 Å². The van der Waals surface area contributed by atoms with Crippen molar-refractivity contribution in [2.24, 2.45) is 10.8 Å². The minimum absolute atomic E-state index is 0.282. The standard InChI is InChI=1S/C11H16O6.C5H12O4/c1-3-9(14)16-7-11(5-12,6-13)8-17-10(15)4-2;6-1-5(2-7,3-8)4-9/h3-4,12-13H,1-2,5-8H2;6-9H,1-4H2. The summed E-state index contributed by atoms with van der Waals surface area (Å²) in [6, 6.07) is 0. The minimum Gasteiger partial charge on any atom is -0.462 e. The molecule has 0 atom stereocenters. The Balaban J connectivity index is 0. The highest BCUT2D eigenvalue weighted by Gasteiger charge is 2.32. The van der Waals surface area contributed by atoms with E-state index in [1.54, 1.807) is 0 Å². The summed E-state index contributed by atoms with van der Waals surface area (Å²) >= 11 is 0. The molecule has 0 aliphatic heterocycles. The Morgan fingerprint density at radius 2 is 0.923 bits per heavy atom. The van der Waals surface area contributed by atoms with Gasteiger partial charge in [0, 0.05) is 12.2 Å². The molecule has 0 rings (SSSR count). The lowest BCUT2D eigenvalue weighted by atomic mass is 9.92. The molecule has 0 aliphatic rings. The van der Waals surface area contributed by atoms with Gasteiger partial charge in [-0.3, -0.25) is 0 Å². The average molecular weight is 380 g/mol. The number of ether oxygens (including phenoxy) is 2. The second-order valence-corrected chi connectivity index (χ2v) is 5.57. The van der Waals surface area contributed by atoms with Gasteiger partial charge < -0.3 is 40.1 Å². The van der Waals surface area contributed by atoms with E-state index in [4.69, 9.17) is 40.1 Å². The van der Waals surface area contributed by atoms with Gasteiger partial charge in [0.2, 0.25) is 0 Å². The van der Waals surface area contributed by atoms with Gasteiger partial charge in [-0.1, -0.05) is 13.2 Å². The smallest absolute Gasteiger partial charge is 0.330 e. The molecular weight excluding hydrogens is 352 g/mol. The van der Waals surface area contributed by atoms with Gasteiger partial charge in [0.05, 0.1) is 50.5 Å². The maximum absolute atomic E-state index is 10.9. The second kappa shape index (κ2) is 14.4. The zero-order chi connectivity index (χ0) is 20.6. The van der Waals surface area contributed by atoms with Crippen molar-refractivity contribution in [3.8, 4) is 0 Å². The van der Waals surface area contributed by atoms with Gasteiger partial charge in [-0.2, -0.15) is 0 Å². The van der Waals surface area contributed by atoms with Crippen molar-refractivity contribution < 1.29 is 49.7 Å². The highest BCUT2D eigenvalue weighted by Crippen LogP contribution is 2.17. The normalized spacial score (nSPS) is 11.0. The molecule has 0 saturated carbocycles. The van der Waals surface area contributed by atoms with Crippen LogP contribution in [0.15, 0.2) is 25.3 Å². The van der Waals surface area contributed by atoms with Crippen molar-refractivity contribution in [2.45, 2.75) is 0 Å². The largest absolute Gasteiger partial charge is 0.462 e. The fourth-order valence-corrected chi connectivity index (χ4v) is 1.14. The molecule has 0 amide bonds. The Kier molecular flexibility index (Phi) is 14.6. The van der Waals surface area contributed by atoms with Crippen LogP contribution in [0.2, 0.25) is 0 Å². The summed E-state index contributed by atoms with van der Waals surface area (Å²) < 4.78 is 9.42. The number of carbonyl (C=O) groups excluding carboxylic acids is 2. The Morgan fingerprint density at radius 3 is 1.08 bits per heavy atom.